The lowest BCUT2D eigenvalue weighted by Gasteiger charge is -2.07. The molecule has 1 aliphatic carbocycles. The zero-order valence-electron chi connectivity index (χ0n) is 13.9. The van der Waals surface area contributed by atoms with E-state index in [1.54, 1.807) is 24.3 Å². The van der Waals surface area contributed by atoms with Crippen molar-refractivity contribution in [2.24, 2.45) is 5.92 Å². The minimum absolute atomic E-state index is 0.0231. The molecule has 2 N–H and O–H groups in total. The first-order chi connectivity index (χ1) is 12.7. The Labute approximate surface area is 155 Å². The monoisotopic (exact) mass is 363 g/mol. The fourth-order valence-corrected chi connectivity index (χ4v) is 3.28. The Morgan fingerprint density at radius 1 is 1.00 bits per heavy atom. The van der Waals surface area contributed by atoms with E-state index in [-0.39, 0.29) is 17.7 Å². The summed E-state index contributed by atoms with van der Waals surface area (Å²) in [7, 11) is 0. The molecular formula is C20H17N3O2S. The molecule has 0 aliphatic heterocycles. The summed E-state index contributed by atoms with van der Waals surface area (Å²) < 4.78 is 0. The fraction of sp³-hybridized carbons (Fsp3) is 0.150. The average Bonchev–Trinajstić information content (AvgIpc) is 3.42. The van der Waals surface area contributed by atoms with Gasteiger partial charge in [0.05, 0.1) is 5.69 Å². The molecule has 0 spiro atoms. The predicted octanol–water partition coefficient (Wildman–Crippen LogP) is 4.41. The Morgan fingerprint density at radius 3 is 2.58 bits per heavy atom. The molecule has 1 fully saturated rings. The van der Waals surface area contributed by atoms with Crippen molar-refractivity contribution in [3.8, 4) is 11.3 Å². The highest BCUT2D eigenvalue weighted by Crippen LogP contribution is 2.30. The van der Waals surface area contributed by atoms with Crippen molar-refractivity contribution in [3.05, 3.63) is 65.5 Å². The maximum Gasteiger partial charge on any atom is 0.257 e. The van der Waals surface area contributed by atoms with Crippen LogP contribution in [0.25, 0.3) is 11.3 Å². The van der Waals surface area contributed by atoms with Crippen molar-refractivity contribution in [2.45, 2.75) is 12.8 Å². The summed E-state index contributed by atoms with van der Waals surface area (Å²) in [5.41, 5.74) is 2.96. The molecule has 5 nitrogen and oxygen atoms in total. The van der Waals surface area contributed by atoms with Gasteiger partial charge in [-0.05, 0) is 31.0 Å². The minimum Gasteiger partial charge on any atom is -0.326 e. The van der Waals surface area contributed by atoms with Crippen LogP contribution in [0.5, 0.6) is 0 Å². The number of amides is 2. The van der Waals surface area contributed by atoms with Gasteiger partial charge in [0, 0.05) is 28.1 Å². The second-order valence-electron chi connectivity index (χ2n) is 6.20. The van der Waals surface area contributed by atoms with E-state index in [2.05, 4.69) is 15.6 Å². The number of benzene rings is 2. The van der Waals surface area contributed by atoms with Crippen molar-refractivity contribution in [2.75, 3.05) is 10.6 Å². The number of nitrogens with zero attached hydrogens (tertiary/aromatic N) is 1. The lowest BCUT2D eigenvalue weighted by molar-refractivity contribution is -0.117. The molecule has 1 heterocycles. The van der Waals surface area contributed by atoms with Gasteiger partial charge in [0.25, 0.3) is 5.91 Å². The molecule has 4 rings (SSSR count). The molecule has 26 heavy (non-hydrogen) atoms. The molecule has 130 valence electrons. The largest absolute Gasteiger partial charge is 0.326 e. The summed E-state index contributed by atoms with van der Waals surface area (Å²) in [6.45, 7) is 0. The number of carbonyl (C=O) groups is 2. The summed E-state index contributed by atoms with van der Waals surface area (Å²) in [5.74, 6) is -0.101. The van der Waals surface area contributed by atoms with Crippen LogP contribution in [0.1, 0.15) is 23.2 Å². The van der Waals surface area contributed by atoms with Gasteiger partial charge in [-0.15, -0.1) is 11.3 Å². The molecular weight excluding hydrogens is 346 g/mol. The van der Waals surface area contributed by atoms with Crippen molar-refractivity contribution in [3.63, 3.8) is 0 Å². The third-order valence-electron chi connectivity index (χ3n) is 4.13. The van der Waals surface area contributed by atoms with Crippen LogP contribution in [0.2, 0.25) is 0 Å². The molecule has 0 unspecified atom stereocenters. The maximum absolute atomic E-state index is 12.5. The van der Waals surface area contributed by atoms with E-state index >= 15 is 0 Å². The van der Waals surface area contributed by atoms with Crippen LogP contribution in [-0.4, -0.2) is 16.8 Å². The highest BCUT2D eigenvalue weighted by Gasteiger charge is 2.29. The van der Waals surface area contributed by atoms with Gasteiger partial charge in [-0.1, -0.05) is 36.4 Å². The van der Waals surface area contributed by atoms with E-state index in [4.69, 9.17) is 0 Å². The molecule has 1 aliphatic rings. The smallest absolute Gasteiger partial charge is 0.257 e. The third kappa shape index (κ3) is 3.81. The number of aromatic nitrogens is 1. The van der Waals surface area contributed by atoms with Crippen LogP contribution >= 0.6 is 11.3 Å². The molecule has 0 radical (unpaired) electrons. The second kappa shape index (κ2) is 7.09. The molecule has 0 bridgehead atoms. The van der Waals surface area contributed by atoms with E-state index in [1.165, 1.54) is 11.3 Å². The van der Waals surface area contributed by atoms with Crippen molar-refractivity contribution in [1.82, 2.24) is 4.98 Å². The second-order valence-corrected chi connectivity index (χ2v) is 7.06. The lowest BCUT2D eigenvalue weighted by Crippen LogP contribution is -2.15. The number of thiazole rings is 1. The van der Waals surface area contributed by atoms with Crippen LogP contribution in [-0.2, 0) is 4.79 Å². The van der Waals surface area contributed by atoms with Crippen molar-refractivity contribution < 1.29 is 9.59 Å². The maximum atomic E-state index is 12.5. The quantitative estimate of drug-likeness (QED) is 0.705. The number of hydrogen-bond acceptors (Lipinski definition) is 4. The predicted molar refractivity (Wildman–Crippen MR) is 103 cm³/mol. The molecule has 0 saturated heterocycles. The molecule has 0 atom stereocenters. The standard InChI is InChI=1S/C20H17N3O2S/c24-18(14-9-10-14)21-16-8-4-7-15(11-16)19(25)23-20-22-17(12-26-20)13-5-2-1-3-6-13/h1-8,11-12,14H,9-10H2,(H,21,24)(H,22,23,25). The summed E-state index contributed by atoms with van der Waals surface area (Å²) in [6.07, 6.45) is 1.89. The number of carbonyl (C=O) groups excluding carboxylic acids is 2. The van der Waals surface area contributed by atoms with Gasteiger partial charge in [-0.3, -0.25) is 14.9 Å². The number of nitrogens with one attached hydrogen (secondary N) is 2. The SMILES string of the molecule is O=C(Nc1nc(-c2ccccc2)cs1)c1cccc(NC(=O)C2CC2)c1. The van der Waals surface area contributed by atoms with E-state index in [0.29, 0.717) is 16.4 Å². The van der Waals surface area contributed by atoms with Crippen LogP contribution < -0.4 is 10.6 Å². The van der Waals surface area contributed by atoms with Gasteiger partial charge >= 0.3 is 0 Å². The van der Waals surface area contributed by atoms with E-state index in [0.717, 1.165) is 24.1 Å². The van der Waals surface area contributed by atoms with Crippen molar-refractivity contribution >= 4 is 34.0 Å². The zero-order chi connectivity index (χ0) is 17.9. The molecule has 1 saturated carbocycles. The normalized spacial score (nSPS) is 13.2. The van der Waals surface area contributed by atoms with Gasteiger partial charge < -0.3 is 5.32 Å². The molecule has 6 heteroatoms. The van der Waals surface area contributed by atoms with Gasteiger partial charge in [-0.25, -0.2) is 4.98 Å². The Kier molecular flexibility index (Phi) is 4.50. The minimum atomic E-state index is -0.249. The van der Waals surface area contributed by atoms with Crippen molar-refractivity contribution in [1.29, 1.82) is 0 Å². The lowest BCUT2D eigenvalue weighted by atomic mass is 10.2. The van der Waals surface area contributed by atoms with E-state index in [9.17, 15) is 9.59 Å². The first kappa shape index (κ1) is 16.5. The summed E-state index contributed by atoms with van der Waals surface area (Å²) in [5, 5.41) is 8.13. The number of anilines is 2. The first-order valence-electron chi connectivity index (χ1n) is 8.42. The van der Waals surface area contributed by atoms with Crippen LogP contribution in [0.15, 0.2) is 60.0 Å². The number of rotatable bonds is 5. The topological polar surface area (TPSA) is 71.1 Å². The van der Waals surface area contributed by atoms with Crippen LogP contribution in [0, 0.1) is 5.92 Å². The number of hydrogen-bond donors (Lipinski definition) is 2. The van der Waals surface area contributed by atoms with Gasteiger partial charge in [0.2, 0.25) is 5.91 Å². The van der Waals surface area contributed by atoms with Gasteiger partial charge in [0.1, 0.15) is 0 Å². The van der Waals surface area contributed by atoms with E-state index in [1.807, 2.05) is 35.7 Å². The fourth-order valence-electron chi connectivity index (χ4n) is 2.57. The molecule has 2 amide bonds. The highest BCUT2D eigenvalue weighted by molar-refractivity contribution is 7.14. The molecule has 3 aromatic rings. The van der Waals surface area contributed by atoms with Gasteiger partial charge in [-0.2, -0.15) is 0 Å². The highest BCUT2D eigenvalue weighted by atomic mass is 32.1. The molecule has 2 aromatic carbocycles. The Balaban J connectivity index is 1.45. The summed E-state index contributed by atoms with van der Waals surface area (Å²) in [4.78, 5) is 28.8. The summed E-state index contributed by atoms with van der Waals surface area (Å²) in [6, 6.07) is 16.8. The Hall–Kier alpha value is -2.99. The zero-order valence-corrected chi connectivity index (χ0v) is 14.8. The van der Waals surface area contributed by atoms with Crippen LogP contribution in [0.3, 0.4) is 0 Å². The average molecular weight is 363 g/mol. The van der Waals surface area contributed by atoms with E-state index < -0.39 is 0 Å². The Bertz CT molecular complexity index is 948. The first-order valence-corrected chi connectivity index (χ1v) is 9.30. The summed E-state index contributed by atoms with van der Waals surface area (Å²) >= 11 is 1.38. The molecule has 1 aromatic heterocycles. The van der Waals surface area contributed by atoms with Gasteiger partial charge in [0.15, 0.2) is 5.13 Å². The third-order valence-corrected chi connectivity index (χ3v) is 4.89. The Morgan fingerprint density at radius 2 is 1.81 bits per heavy atom. The van der Waals surface area contributed by atoms with Crippen LogP contribution in [0.4, 0.5) is 10.8 Å².